The van der Waals surface area contributed by atoms with Gasteiger partial charge in [0.2, 0.25) is 0 Å². The Balaban J connectivity index is 2.43. The van der Waals surface area contributed by atoms with Gasteiger partial charge >= 0.3 is 0 Å². The third-order valence-electron chi connectivity index (χ3n) is 3.07. The Labute approximate surface area is 144 Å². The molecule has 0 aliphatic carbocycles. The zero-order chi connectivity index (χ0) is 15.6. The van der Waals surface area contributed by atoms with Gasteiger partial charge in [0.25, 0.3) is 0 Å². The van der Waals surface area contributed by atoms with Crippen LogP contribution in [0.25, 0.3) is 0 Å². The molecule has 1 N–H and O–H groups in total. The molecule has 112 valence electrons. The molecule has 0 aromatic heterocycles. The molecule has 21 heavy (non-hydrogen) atoms. The van der Waals surface area contributed by atoms with Gasteiger partial charge in [0.05, 0.1) is 9.50 Å². The number of hydrogen-bond donors (Lipinski definition) is 1. The average Bonchev–Trinajstić information content (AvgIpc) is 2.44. The molecule has 2 aromatic carbocycles. The topological polar surface area (TPSA) is 21.3 Å². The van der Waals surface area contributed by atoms with Crippen molar-refractivity contribution < 1.29 is 9.13 Å². The largest absolute Gasteiger partial charge is 0.456 e. The van der Waals surface area contributed by atoms with Gasteiger partial charge in [0.1, 0.15) is 17.3 Å². The molecule has 0 fully saturated rings. The van der Waals surface area contributed by atoms with Crippen molar-refractivity contribution in [1.29, 1.82) is 0 Å². The molecular formula is C15H13Br2ClFNO. The minimum absolute atomic E-state index is 0.0484. The minimum atomic E-state index is -0.520. The number of benzene rings is 2. The maximum absolute atomic E-state index is 13.6. The normalized spacial score (nSPS) is 12.3. The predicted molar refractivity (Wildman–Crippen MR) is 90.8 cm³/mol. The van der Waals surface area contributed by atoms with E-state index in [1.807, 2.05) is 32.2 Å². The van der Waals surface area contributed by atoms with Crippen LogP contribution < -0.4 is 10.1 Å². The SMILES string of the molecule is CNC(C)c1ccc(Br)cc1Oc1cc(F)c(Cl)cc1Br. The van der Waals surface area contributed by atoms with E-state index < -0.39 is 5.82 Å². The Hall–Kier alpha value is -0.620. The summed E-state index contributed by atoms with van der Waals surface area (Å²) in [6, 6.07) is 8.59. The molecule has 2 rings (SSSR count). The zero-order valence-corrected chi connectivity index (χ0v) is 15.3. The zero-order valence-electron chi connectivity index (χ0n) is 11.4. The highest BCUT2D eigenvalue weighted by Crippen LogP contribution is 2.37. The van der Waals surface area contributed by atoms with Crippen molar-refractivity contribution in [2.24, 2.45) is 0 Å². The van der Waals surface area contributed by atoms with Crippen molar-refractivity contribution in [3.8, 4) is 11.5 Å². The van der Waals surface area contributed by atoms with Gasteiger partial charge in [-0.05, 0) is 48.1 Å². The standard InChI is InChI=1S/C15H13Br2ClFNO/c1-8(20-2)10-4-3-9(16)5-14(10)21-15-7-13(19)12(18)6-11(15)17/h3-8,20H,1-2H3. The molecular weight excluding hydrogens is 424 g/mol. The molecule has 0 spiro atoms. The van der Waals surface area contributed by atoms with Gasteiger partial charge in [-0.3, -0.25) is 0 Å². The van der Waals surface area contributed by atoms with Crippen LogP contribution in [0.2, 0.25) is 5.02 Å². The molecule has 0 bridgehead atoms. The van der Waals surface area contributed by atoms with Gasteiger partial charge in [0, 0.05) is 22.1 Å². The van der Waals surface area contributed by atoms with Crippen molar-refractivity contribution in [2.45, 2.75) is 13.0 Å². The van der Waals surface area contributed by atoms with E-state index in [0.29, 0.717) is 16.0 Å². The highest BCUT2D eigenvalue weighted by atomic mass is 79.9. The average molecular weight is 438 g/mol. The van der Waals surface area contributed by atoms with Gasteiger partial charge < -0.3 is 10.1 Å². The number of hydrogen-bond acceptors (Lipinski definition) is 2. The lowest BCUT2D eigenvalue weighted by Crippen LogP contribution is -2.13. The van der Waals surface area contributed by atoms with Crippen LogP contribution in [0.1, 0.15) is 18.5 Å². The van der Waals surface area contributed by atoms with E-state index in [-0.39, 0.29) is 11.1 Å². The summed E-state index contributed by atoms with van der Waals surface area (Å²) < 4.78 is 21.0. The molecule has 0 aliphatic rings. The van der Waals surface area contributed by atoms with E-state index >= 15 is 0 Å². The van der Waals surface area contributed by atoms with Gasteiger partial charge in [-0.15, -0.1) is 0 Å². The van der Waals surface area contributed by atoms with Crippen LogP contribution in [0.15, 0.2) is 39.3 Å². The predicted octanol–water partition coefficient (Wildman–Crippen LogP) is 6.08. The van der Waals surface area contributed by atoms with E-state index in [1.54, 1.807) is 0 Å². The van der Waals surface area contributed by atoms with Crippen molar-refractivity contribution in [3.63, 3.8) is 0 Å². The van der Waals surface area contributed by atoms with E-state index in [2.05, 4.69) is 37.2 Å². The number of nitrogens with one attached hydrogen (secondary N) is 1. The third kappa shape index (κ3) is 3.97. The van der Waals surface area contributed by atoms with Gasteiger partial charge in [0.15, 0.2) is 0 Å². The fourth-order valence-corrected chi connectivity index (χ4v) is 2.87. The molecule has 0 heterocycles. The molecule has 2 nitrogen and oxygen atoms in total. The summed E-state index contributed by atoms with van der Waals surface area (Å²) in [6.45, 7) is 2.02. The maximum Gasteiger partial charge on any atom is 0.145 e. The van der Waals surface area contributed by atoms with E-state index in [1.165, 1.54) is 12.1 Å². The molecule has 1 unspecified atom stereocenters. The molecule has 0 saturated heterocycles. The minimum Gasteiger partial charge on any atom is -0.456 e. The summed E-state index contributed by atoms with van der Waals surface area (Å²) >= 11 is 12.5. The Morgan fingerprint density at radius 3 is 2.57 bits per heavy atom. The first-order chi connectivity index (χ1) is 9.92. The first kappa shape index (κ1) is 16.7. The lowest BCUT2D eigenvalue weighted by Gasteiger charge is -2.17. The summed E-state index contributed by atoms with van der Waals surface area (Å²) in [5, 5.41) is 3.21. The first-order valence-electron chi connectivity index (χ1n) is 6.21. The summed E-state index contributed by atoms with van der Waals surface area (Å²) in [5.41, 5.74) is 0.975. The van der Waals surface area contributed by atoms with Crippen molar-refractivity contribution in [3.05, 3.63) is 55.7 Å². The lowest BCUT2D eigenvalue weighted by atomic mass is 10.1. The second kappa shape index (κ2) is 7.09. The third-order valence-corrected chi connectivity index (χ3v) is 4.47. The van der Waals surface area contributed by atoms with Crippen molar-refractivity contribution >= 4 is 43.5 Å². The summed E-state index contributed by atoms with van der Waals surface area (Å²) in [6.07, 6.45) is 0. The second-order valence-corrected chi connectivity index (χ2v) is 6.67. The van der Waals surface area contributed by atoms with E-state index in [4.69, 9.17) is 16.3 Å². The first-order valence-corrected chi connectivity index (χ1v) is 8.18. The number of halogens is 4. The molecule has 0 radical (unpaired) electrons. The molecule has 2 aromatic rings. The molecule has 0 saturated carbocycles. The van der Waals surface area contributed by atoms with E-state index in [9.17, 15) is 4.39 Å². The van der Waals surface area contributed by atoms with Crippen molar-refractivity contribution in [2.75, 3.05) is 7.05 Å². The number of ether oxygens (including phenoxy) is 1. The van der Waals surface area contributed by atoms with Crippen LogP contribution in [0, 0.1) is 5.82 Å². The van der Waals surface area contributed by atoms with Gasteiger partial charge in [-0.25, -0.2) is 4.39 Å². The maximum atomic E-state index is 13.6. The molecule has 0 aliphatic heterocycles. The fourth-order valence-electron chi connectivity index (χ4n) is 1.81. The number of rotatable bonds is 4. The molecule has 0 amide bonds. The highest BCUT2D eigenvalue weighted by molar-refractivity contribution is 9.10. The Bertz CT molecular complexity index is 666. The molecule has 6 heteroatoms. The summed E-state index contributed by atoms with van der Waals surface area (Å²) in [7, 11) is 1.87. The Morgan fingerprint density at radius 1 is 1.19 bits per heavy atom. The van der Waals surface area contributed by atoms with E-state index in [0.717, 1.165) is 10.0 Å². The smallest absolute Gasteiger partial charge is 0.145 e. The summed E-state index contributed by atoms with van der Waals surface area (Å²) in [4.78, 5) is 0. The Kier molecular flexibility index (Phi) is 5.66. The van der Waals surface area contributed by atoms with Crippen LogP contribution in [-0.2, 0) is 0 Å². The van der Waals surface area contributed by atoms with Crippen LogP contribution >= 0.6 is 43.5 Å². The quantitative estimate of drug-likeness (QED) is 0.586. The highest BCUT2D eigenvalue weighted by Gasteiger charge is 2.14. The van der Waals surface area contributed by atoms with Crippen molar-refractivity contribution in [1.82, 2.24) is 5.32 Å². The second-order valence-electron chi connectivity index (χ2n) is 4.49. The van der Waals surface area contributed by atoms with Crippen LogP contribution in [-0.4, -0.2) is 7.05 Å². The van der Waals surface area contributed by atoms with Gasteiger partial charge in [-0.1, -0.05) is 33.6 Å². The van der Waals surface area contributed by atoms with Crippen LogP contribution in [0.5, 0.6) is 11.5 Å². The van der Waals surface area contributed by atoms with Crippen LogP contribution in [0.3, 0.4) is 0 Å². The van der Waals surface area contributed by atoms with Crippen LogP contribution in [0.4, 0.5) is 4.39 Å². The fraction of sp³-hybridized carbons (Fsp3) is 0.200. The molecule has 1 atom stereocenters. The lowest BCUT2D eigenvalue weighted by molar-refractivity contribution is 0.458. The van der Waals surface area contributed by atoms with Gasteiger partial charge in [-0.2, -0.15) is 0 Å². The summed E-state index contributed by atoms with van der Waals surface area (Å²) in [5.74, 6) is 0.501. The Morgan fingerprint density at radius 2 is 1.90 bits per heavy atom. The monoisotopic (exact) mass is 435 g/mol.